The highest BCUT2D eigenvalue weighted by molar-refractivity contribution is 5.76. The van der Waals surface area contributed by atoms with Gasteiger partial charge in [-0.1, -0.05) is 18.2 Å². The Kier molecular flexibility index (Phi) is 4.26. The van der Waals surface area contributed by atoms with Crippen LogP contribution in [0.1, 0.15) is 0 Å². The molecule has 0 saturated carbocycles. The van der Waals surface area contributed by atoms with E-state index < -0.39 is 0 Å². The van der Waals surface area contributed by atoms with Crippen molar-refractivity contribution in [3.63, 3.8) is 0 Å². The molecule has 0 atom stereocenters. The first-order chi connectivity index (χ1) is 9.59. The number of fused-ring (bicyclic) bond motifs is 1. The monoisotopic (exact) mass is 395 g/mol. The lowest BCUT2D eigenvalue weighted by atomic mass is 10.2. The van der Waals surface area contributed by atoms with Crippen LogP contribution in [0.2, 0.25) is 0 Å². The molecule has 108 valence electrons. The van der Waals surface area contributed by atoms with Crippen LogP contribution in [0.4, 0.5) is 5.69 Å². The van der Waals surface area contributed by atoms with Crippen LogP contribution in [0.3, 0.4) is 0 Å². The van der Waals surface area contributed by atoms with Gasteiger partial charge in [-0.3, -0.25) is 10.1 Å². The first-order valence-electron chi connectivity index (χ1n) is 6.28. The molecular weight excluding hydrogens is 381 g/mol. The van der Waals surface area contributed by atoms with Gasteiger partial charge in [0.1, 0.15) is 0 Å². The van der Waals surface area contributed by atoms with Gasteiger partial charge in [-0.05, 0) is 18.2 Å². The third-order valence-corrected chi connectivity index (χ3v) is 3.56. The fourth-order valence-electron chi connectivity index (χ4n) is 2.63. The summed E-state index contributed by atoms with van der Waals surface area (Å²) in [7, 11) is 3.94. The SMILES string of the molecule is Cn1c(-c2cccc([N+](=O)[O-])c2)[n+](C)c2ccccc21.[I-]. The van der Waals surface area contributed by atoms with Crippen LogP contribution in [0, 0.1) is 10.1 Å². The number of hydrogen-bond acceptors (Lipinski definition) is 2. The highest BCUT2D eigenvalue weighted by atomic mass is 127. The molecular formula is C15H14IN3O2. The van der Waals surface area contributed by atoms with E-state index in [4.69, 9.17) is 0 Å². The minimum Gasteiger partial charge on any atom is -1.00 e. The number of nitro groups is 1. The first kappa shape index (κ1) is 15.4. The summed E-state index contributed by atoms with van der Waals surface area (Å²) in [5.41, 5.74) is 3.13. The fraction of sp³-hybridized carbons (Fsp3) is 0.133. The summed E-state index contributed by atoms with van der Waals surface area (Å²) in [5, 5.41) is 10.9. The molecule has 3 aromatic rings. The predicted molar refractivity (Wildman–Crippen MR) is 76.2 cm³/mol. The van der Waals surface area contributed by atoms with Crippen LogP contribution in [-0.2, 0) is 14.1 Å². The zero-order chi connectivity index (χ0) is 14.3. The Balaban J connectivity index is 0.00000161. The van der Waals surface area contributed by atoms with E-state index in [-0.39, 0.29) is 34.6 Å². The van der Waals surface area contributed by atoms with Crippen molar-refractivity contribution < 1.29 is 33.5 Å². The quantitative estimate of drug-likeness (QED) is 0.256. The van der Waals surface area contributed by atoms with Gasteiger partial charge in [0.15, 0.2) is 11.0 Å². The molecule has 0 aliphatic heterocycles. The van der Waals surface area contributed by atoms with Gasteiger partial charge in [0, 0.05) is 12.1 Å². The van der Waals surface area contributed by atoms with Crippen LogP contribution in [-0.4, -0.2) is 9.49 Å². The number of para-hydroxylation sites is 2. The highest BCUT2D eigenvalue weighted by Gasteiger charge is 2.22. The summed E-state index contributed by atoms with van der Waals surface area (Å²) in [6.45, 7) is 0. The van der Waals surface area contributed by atoms with Crippen molar-refractivity contribution in [2.24, 2.45) is 14.1 Å². The molecule has 0 unspecified atom stereocenters. The number of non-ortho nitro benzene ring substituents is 1. The van der Waals surface area contributed by atoms with E-state index in [1.807, 2.05) is 53.6 Å². The maximum absolute atomic E-state index is 10.9. The molecule has 0 amide bonds. The number of imidazole rings is 1. The highest BCUT2D eigenvalue weighted by Crippen LogP contribution is 2.24. The number of nitro benzene ring substituents is 1. The van der Waals surface area contributed by atoms with Gasteiger partial charge >= 0.3 is 0 Å². The van der Waals surface area contributed by atoms with Crippen molar-refractivity contribution in [3.05, 3.63) is 58.6 Å². The van der Waals surface area contributed by atoms with E-state index in [0.717, 1.165) is 22.4 Å². The summed E-state index contributed by atoms with van der Waals surface area (Å²) in [6.07, 6.45) is 0. The topological polar surface area (TPSA) is 51.9 Å². The van der Waals surface area contributed by atoms with Gasteiger partial charge < -0.3 is 24.0 Å². The Hall–Kier alpha value is -1.96. The van der Waals surface area contributed by atoms with Crippen molar-refractivity contribution in [1.29, 1.82) is 0 Å². The second kappa shape index (κ2) is 5.80. The Morgan fingerprint density at radius 3 is 2.52 bits per heavy atom. The molecule has 0 N–H and O–H groups in total. The Morgan fingerprint density at radius 1 is 1.14 bits per heavy atom. The molecule has 21 heavy (non-hydrogen) atoms. The number of hydrogen-bond donors (Lipinski definition) is 0. The van der Waals surface area contributed by atoms with Gasteiger partial charge in [-0.15, -0.1) is 0 Å². The molecule has 1 aromatic heterocycles. The maximum atomic E-state index is 10.9. The lowest BCUT2D eigenvalue weighted by Gasteiger charge is -1.99. The molecule has 0 aliphatic carbocycles. The van der Waals surface area contributed by atoms with Crippen molar-refractivity contribution in [1.82, 2.24) is 4.57 Å². The second-order valence-corrected chi connectivity index (χ2v) is 4.74. The number of benzene rings is 2. The van der Waals surface area contributed by atoms with Gasteiger partial charge in [-0.2, -0.15) is 0 Å². The summed E-state index contributed by atoms with van der Waals surface area (Å²) in [4.78, 5) is 10.5. The standard InChI is InChI=1S/C15H14N3O2.HI/c1-16-13-8-3-4-9-14(13)17(2)15(16)11-6-5-7-12(10-11)18(19)20;/h3-10H,1-2H3;1H/q+1;/p-1. The lowest BCUT2D eigenvalue weighted by Crippen LogP contribution is -3.00. The molecule has 0 fully saturated rings. The van der Waals surface area contributed by atoms with Crippen LogP contribution in [0.15, 0.2) is 48.5 Å². The number of halogens is 1. The molecule has 0 saturated heterocycles. The summed E-state index contributed by atoms with van der Waals surface area (Å²) in [5.74, 6) is 0.940. The summed E-state index contributed by atoms with van der Waals surface area (Å²) >= 11 is 0. The van der Waals surface area contributed by atoms with E-state index in [0.29, 0.717) is 0 Å². The lowest BCUT2D eigenvalue weighted by molar-refractivity contribution is -0.634. The Bertz CT molecular complexity index is 788. The molecule has 3 rings (SSSR count). The van der Waals surface area contributed by atoms with Crippen LogP contribution >= 0.6 is 0 Å². The molecule has 2 aromatic carbocycles. The summed E-state index contributed by atoms with van der Waals surface area (Å²) in [6, 6.07) is 14.8. The van der Waals surface area contributed by atoms with E-state index in [1.165, 1.54) is 6.07 Å². The Labute approximate surface area is 139 Å². The molecule has 0 aliphatic rings. The van der Waals surface area contributed by atoms with E-state index in [1.54, 1.807) is 12.1 Å². The minimum atomic E-state index is -0.369. The normalized spacial score (nSPS) is 10.4. The minimum absolute atomic E-state index is 0. The number of aromatic nitrogens is 2. The van der Waals surface area contributed by atoms with Crippen molar-refractivity contribution in [2.75, 3.05) is 0 Å². The Morgan fingerprint density at radius 2 is 1.86 bits per heavy atom. The third kappa shape index (κ3) is 2.51. The largest absolute Gasteiger partial charge is 1.00 e. The fourth-order valence-corrected chi connectivity index (χ4v) is 2.63. The second-order valence-electron chi connectivity index (χ2n) is 4.74. The number of nitrogens with zero attached hydrogens (tertiary/aromatic N) is 3. The first-order valence-corrected chi connectivity index (χ1v) is 6.28. The third-order valence-electron chi connectivity index (χ3n) is 3.56. The van der Waals surface area contributed by atoms with Crippen LogP contribution in [0.25, 0.3) is 22.4 Å². The molecule has 5 nitrogen and oxygen atoms in total. The van der Waals surface area contributed by atoms with E-state index in [2.05, 4.69) is 0 Å². The van der Waals surface area contributed by atoms with E-state index in [9.17, 15) is 10.1 Å². The molecule has 0 radical (unpaired) electrons. The molecule has 6 heteroatoms. The molecule has 1 heterocycles. The smallest absolute Gasteiger partial charge is 0.289 e. The zero-order valence-electron chi connectivity index (χ0n) is 11.7. The van der Waals surface area contributed by atoms with E-state index >= 15 is 0 Å². The predicted octanol–water partition coefficient (Wildman–Crippen LogP) is -0.418. The number of aryl methyl sites for hydroxylation is 2. The van der Waals surface area contributed by atoms with Crippen molar-refractivity contribution in [2.45, 2.75) is 0 Å². The average molecular weight is 395 g/mol. The van der Waals surface area contributed by atoms with Gasteiger partial charge in [0.2, 0.25) is 0 Å². The number of rotatable bonds is 2. The average Bonchev–Trinajstić information content (AvgIpc) is 2.72. The van der Waals surface area contributed by atoms with Crippen LogP contribution in [0.5, 0.6) is 0 Å². The van der Waals surface area contributed by atoms with Crippen molar-refractivity contribution in [3.8, 4) is 11.4 Å². The van der Waals surface area contributed by atoms with Gasteiger partial charge in [-0.25, -0.2) is 9.13 Å². The molecule has 0 bridgehead atoms. The maximum Gasteiger partial charge on any atom is 0.289 e. The van der Waals surface area contributed by atoms with Crippen LogP contribution < -0.4 is 28.5 Å². The van der Waals surface area contributed by atoms with Gasteiger partial charge in [0.05, 0.1) is 24.6 Å². The van der Waals surface area contributed by atoms with Gasteiger partial charge in [0.25, 0.3) is 11.5 Å². The molecule has 0 spiro atoms. The van der Waals surface area contributed by atoms with Crippen molar-refractivity contribution >= 4 is 16.7 Å². The zero-order valence-corrected chi connectivity index (χ0v) is 13.8. The summed E-state index contributed by atoms with van der Waals surface area (Å²) < 4.78 is 4.10.